The van der Waals surface area contributed by atoms with Gasteiger partial charge in [0, 0.05) is 5.69 Å². The normalized spacial score (nSPS) is 10.8. The lowest BCUT2D eigenvalue weighted by atomic mass is 10.1. The number of anilines is 1. The van der Waals surface area contributed by atoms with Gasteiger partial charge in [-0.2, -0.15) is 5.10 Å². The number of ether oxygens (including phenoxy) is 1. The number of hydrogen-bond donors (Lipinski definition) is 1. The van der Waals surface area contributed by atoms with Gasteiger partial charge in [-0.3, -0.25) is 4.79 Å². The zero-order valence-electron chi connectivity index (χ0n) is 14.5. The van der Waals surface area contributed by atoms with Crippen molar-refractivity contribution >= 4 is 38.3 Å². The number of nitrogens with one attached hydrogen (secondary N) is 1. The van der Waals surface area contributed by atoms with Crippen LogP contribution in [-0.2, 0) is 4.79 Å². The van der Waals surface area contributed by atoms with Gasteiger partial charge in [0.25, 0.3) is 5.91 Å². The summed E-state index contributed by atoms with van der Waals surface area (Å²) in [6, 6.07) is 15.9. The summed E-state index contributed by atoms with van der Waals surface area (Å²) in [5, 5.41) is 8.56. The quantitative estimate of drug-likeness (QED) is 0.501. The van der Waals surface area contributed by atoms with E-state index in [9.17, 15) is 9.18 Å². The van der Waals surface area contributed by atoms with E-state index in [1.54, 1.807) is 12.1 Å². The van der Waals surface area contributed by atoms with Crippen molar-refractivity contribution in [1.29, 1.82) is 0 Å². The molecule has 4 rings (SSSR count). The predicted molar refractivity (Wildman–Crippen MR) is 107 cm³/mol. The van der Waals surface area contributed by atoms with Gasteiger partial charge in [-0.05, 0) is 51.0 Å². The molecule has 0 radical (unpaired) electrons. The second-order valence-corrected chi connectivity index (χ2v) is 6.73. The van der Waals surface area contributed by atoms with Crippen LogP contribution in [0.15, 0.2) is 71.7 Å². The fourth-order valence-corrected chi connectivity index (χ4v) is 3.38. The Hall–Kier alpha value is -3.26. The predicted octanol–water partition coefficient (Wildman–Crippen LogP) is 4.34. The van der Waals surface area contributed by atoms with Crippen molar-refractivity contribution in [3.05, 3.63) is 77.5 Å². The van der Waals surface area contributed by atoms with Gasteiger partial charge >= 0.3 is 0 Å². The Bertz CT molecular complexity index is 1150. The van der Waals surface area contributed by atoms with Crippen molar-refractivity contribution in [3.8, 4) is 11.4 Å². The summed E-state index contributed by atoms with van der Waals surface area (Å²) < 4.78 is 21.9. The van der Waals surface area contributed by atoms with Gasteiger partial charge in [0.2, 0.25) is 0 Å². The molecule has 28 heavy (non-hydrogen) atoms. The van der Waals surface area contributed by atoms with Crippen LogP contribution in [0.4, 0.5) is 10.1 Å². The Morgan fingerprint density at radius 3 is 2.82 bits per heavy atom. The van der Waals surface area contributed by atoms with Gasteiger partial charge in [-0.15, -0.1) is 0 Å². The van der Waals surface area contributed by atoms with E-state index in [1.165, 1.54) is 29.5 Å². The highest BCUT2D eigenvalue weighted by molar-refractivity contribution is 9.10. The number of rotatable bonds is 5. The van der Waals surface area contributed by atoms with Crippen molar-refractivity contribution in [2.75, 3.05) is 11.9 Å². The highest BCUT2D eigenvalue weighted by atomic mass is 79.9. The Kier molecular flexibility index (Phi) is 5.03. The second kappa shape index (κ2) is 7.77. The van der Waals surface area contributed by atoms with Gasteiger partial charge < -0.3 is 10.1 Å². The number of amides is 1. The maximum atomic E-state index is 14.2. The molecule has 4 aromatic rings. The first kappa shape index (κ1) is 18.1. The molecule has 3 aromatic carbocycles. The minimum Gasteiger partial charge on any atom is -0.483 e. The molecule has 0 saturated heterocycles. The number of aromatic nitrogens is 3. The molecular weight excluding hydrogens is 427 g/mol. The molecule has 1 aromatic heterocycles. The maximum absolute atomic E-state index is 14.2. The Balaban J connectivity index is 1.42. The Labute approximate surface area is 168 Å². The van der Waals surface area contributed by atoms with Crippen molar-refractivity contribution in [3.63, 3.8) is 0 Å². The Morgan fingerprint density at radius 2 is 2.04 bits per heavy atom. The fourth-order valence-electron chi connectivity index (χ4n) is 2.77. The zero-order valence-corrected chi connectivity index (χ0v) is 16.1. The smallest absolute Gasteiger partial charge is 0.262 e. The molecule has 0 spiro atoms. The molecule has 0 unspecified atom stereocenters. The monoisotopic (exact) mass is 440 g/mol. The van der Waals surface area contributed by atoms with Crippen LogP contribution in [0.1, 0.15) is 0 Å². The summed E-state index contributed by atoms with van der Waals surface area (Å²) >= 11 is 3.52. The van der Waals surface area contributed by atoms with Gasteiger partial charge in [0.05, 0.1) is 4.47 Å². The highest BCUT2D eigenvalue weighted by Gasteiger charge is 2.11. The molecule has 0 bridgehead atoms. The van der Waals surface area contributed by atoms with E-state index in [2.05, 4.69) is 31.3 Å². The van der Waals surface area contributed by atoms with Gasteiger partial charge in [-0.1, -0.05) is 30.3 Å². The first-order chi connectivity index (χ1) is 13.6. The molecule has 140 valence electrons. The number of carbonyl (C=O) groups excluding carboxylic acids is 1. The van der Waals surface area contributed by atoms with Crippen molar-refractivity contribution in [2.45, 2.75) is 0 Å². The van der Waals surface area contributed by atoms with Crippen molar-refractivity contribution < 1.29 is 13.9 Å². The van der Waals surface area contributed by atoms with Crippen LogP contribution in [0.25, 0.3) is 16.5 Å². The van der Waals surface area contributed by atoms with Gasteiger partial charge in [0.15, 0.2) is 12.4 Å². The average Bonchev–Trinajstić information content (AvgIpc) is 3.22. The van der Waals surface area contributed by atoms with Crippen molar-refractivity contribution in [2.24, 2.45) is 0 Å². The van der Waals surface area contributed by atoms with Crippen LogP contribution in [-0.4, -0.2) is 27.3 Å². The van der Waals surface area contributed by atoms with E-state index in [0.29, 0.717) is 11.4 Å². The Morgan fingerprint density at radius 1 is 1.18 bits per heavy atom. The summed E-state index contributed by atoms with van der Waals surface area (Å²) in [7, 11) is 0. The third kappa shape index (κ3) is 3.72. The minimum absolute atomic E-state index is 0.205. The largest absolute Gasteiger partial charge is 0.483 e. The maximum Gasteiger partial charge on any atom is 0.262 e. The van der Waals surface area contributed by atoms with Crippen LogP contribution >= 0.6 is 15.9 Å². The number of hydrogen-bond acceptors (Lipinski definition) is 4. The van der Waals surface area contributed by atoms with E-state index < -0.39 is 11.7 Å². The average molecular weight is 441 g/mol. The molecule has 0 fully saturated rings. The van der Waals surface area contributed by atoms with E-state index >= 15 is 0 Å². The second-order valence-electron chi connectivity index (χ2n) is 5.94. The van der Waals surface area contributed by atoms with E-state index in [-0.39, 0.29) is 12.3 Å². The number of benzene rings is 3. The first-order valence-corrected chi connectivity index (χ1v) is 9.15. The topological polar surface area (TPSA) is 69.0 Å². The lowest BCUT2D eigenvalue weighted by Crippen LogP contribution is -2.20. The van der Waals surface area contributed by atoms with Crippen LogP contribution in [0, 0.1) is 5.82 Å². The first-order valence-electron chi connectivity index (χ1n) is 8.36. The molecule has 1 N–H and O–H groups in total. The highest BCUT2D eigenvalue weighted by Crippen LogP contribution is 2.33. The SMILES string of the molecule is O=C(COc1ccc2ccccc2c1Br)Nc1ccc(-n2cncn2)c(F)c1. The third-order valence-corrected chi connectivity index (χ3v) is 4.90. The molecule has 0 aliphatic rings. The minimum atomic E-state index is -0.526. The summed E-state index contributed by atoms with van der Waals surface area (Å²) in [4.78, 5) is 16.0. The number of halogens is 2. The van der Waals surface area contributed by atoms with Crippen LogP contribution < -0.4 is 10.1 Å². The van der Waals surface area contributed by atoms with E-state index in [0.717, 1.165) is 15.2 Å². The molecular formula is C20H14BrFN4O2. The number of nitrogens with zero attached hydrogens (tertiary/aromatic N) is 3. The fraction of sp³-hybridized carbons (Fsp3) is 0.0500. The molecule has 0 atom stereocenters. The van der Waals surface area contributed by atoms with Crippen LogP contribution in [0.3, 0.4) is 0 Å². The van der Waals surface area contributed by atoms with Gasteiger partial charge in [0.1, 0.15) is 24.1 Å². The van der Waals surface area contributed by atoms with Crippen molar-refractivity contribution in [1.82, 2.24) is 14.8 Å². The third-order valence-electron chi connectivity index (χ3n) is 4.08. The summed E-state index contributed by atoms with van der Waals surface area (Å²) in [5.41, 5.74) is 0.569. The molecule has 1 amide bonds. The molecule has 1 heterocycles. The summed E-state index contributed by atoms with van der Waals surface area (Å²) in [5.74, 6) is -0.365. The molecule has 0 saturated carbocycles. The van der Waals surface area contributed by atoms with Crippen LogP contribution in [0.5, 0.6) is 5.75 Å². The molecule has 0 aliphatic heterocycles. The number of carbonyl (C=O) groups is 1. The summed E-state index contributed by atoms with van der Waals surface area (Å²) in [6.45, 7) is -0.205. The standard InChI is InChI=1S/C20H14BrFN4O2/c21-20-15-4-2-1-3-13(15)5-8-18(20)28-10-19(27)25-14-6-7-17(16(22)9-14)26-12-23-11-24-26/h1-9,11-12H,10H2,(H,25,27). The number of fused-ring (bicyclic) bond motifs is 1. The molecule has 8 heteroatoms. The van der Waals surface area contributed by atoms with Crippen LogP contribution in [0.2, 0.25) is 0 Å². The lowest BCUT2D eigenvalue weighted by molar-refractivity contribution is -0.118. The zero-order chi connectivity index (χ0) is 19.5. The van der Waals surface area contributed by atoms with E-state index in [1.807, 2.05) is 30.3 Å². The summed E-state index contributed by atoms with van der Waals surface area (Å²) in [6.07, 6.45) is 2.71. The van der Waals surface area contributed by atoms with Gasteiger partial charge in [-0.25, -0.2) is 14.1 Å². The van der Waals surface area contributed by atoms with E-state index in [4.69, 9.17) is 4.74 Å². The lowest BCUT2D eigenvalue weighted by Gasteiger charge is -2.11. The molecule has 6 nitrogen and oxygen atoms in total. The molecule has 0 aliphatic carbocycles.